The molecule has 0 radical (unpaired) electrons. The lowest BCUT2D eigenvalue weighted by Gasteiger charge is -2.16. The van der Waals surface area contributed by atoms with Crippen LogP contribution in [-0.4, -0.2) is 27.9 Å². The molecule has 138 valence electrons. The Kier molecular flexibility index (Phi) is 6.94. The average Bonchev–Trinajstić information content (AvgIpc) is 2.63. The van der Waals surface area contributed by atoms with Gasteiger partial charge in [0, 0.05) is 16.5 Å². The van der Waals surface area contributed by atoms with Crippen molar-refractivity contribution in [1.82, 2.24) is 0 Å². The van der Waals surface area contributed by atoms with Crippen molar-refractivity contribution in [3.63, 3.8) is 0 Å². The van der Waals surface area contributed by atoms with Crippen molar-refractivity contribution >= 4 is 40.0 Å². The Morgan fingerprint density at radius 3 is 2.62 bits per heavy atom. The fourth-order valence-electron chi connectivity index (χ4n) is 2.23. The molecular weight excluding hydrogens is 374 g/mol. The number of ether oxygens (including phenoxy) is 1. The maximum atomic E-state index is 12.4. The van der Waals surface area contributed by atoms with E-state index in [1.165, 1.54) is 13.0 Å². The Morgan fingerprint density at radius 2 is 1.92 bits per heavy atom. The van der Waals surface area contributed by atoms with Crippen molar-refractivity contribution in [3.8, 4) is 0 Å². The van der Waals surface area contributed by atoms with Gasteiger partial charge in [-0.25, -0.2) is 4.79 Å². The molecular formula is C19H20ClNO4S. The molecule has 0 aromatic heterocycles. The first kappa shape index (κ1) is 20.1. The SMILES string of the molecule is CC[S@](=O)c1ccccc1C(=O)O[C@@H](C)C(=O)Nc1cc(Cl)ccc1C. The number of nitrogens with one attached hydrogen (secondary N) is 1. The molecule has 0 aliphatic heterocycles. The number of halogens is 1. The van der Waals surface area contributed by atoms with E-state index in [1.54, 1.807) is 43.3 Å². The number of carbonyl (C=O) groups excluding carboxylic acids is 2. The van der Waals surface area contributed by atoms with E-state index < -0.39 is 28.8 Å². The first-order valence-electron chi connectivity index (χ1n) is 8.09. The summed E-state index contributed by atoms with van der Waals surface area (Å²) < 4.78 is 17.3. The third kappa shape index (κ3) is 4.93. The molecule has 0 spiro atoms. The molecule has 2 atom stereocenters. The van der Waals surface area contributed by atoms with Crippen LogP contribution in [0.4, 0.5) is 5.69 Å². The molecule has 0 bridgehead atoms. The number of anilines is 1. The molecule has 0 saturated heterocycles. The normalized spacial score (nSPS) is 12.9. The monoisotopic (exact) mass is 393 g/mol. The number of benzene rings is 2. The first-order chi connectivity index (χ1) is 12.3. The molecule has 0 unspecified atom stereocenters. The van der Waals surface area contributed by atoms with Crippen LogP contribution in [-0.2, 0) is 20.3 Å². The second kappa shape index (κ2) is 8.96. The zero-order valence-corrected chi connectivity index (χ0v) is 16.3. The van der Waals surface area contributed by atoms with Crippen LogP contribution in [0.1, 0.15) is 29.8 Å². The van der Waals surface area contributed by atoms with E-state index in [0.717, 1.165) is 5.56 Å². The number of hydrogen-bond donors (Lipinski definition) is 1. The third-order valence-electron chi connectivity index (χ3n) is 3.72. The van der Waals surface area contributed by atoms with Gasteiger partial charge in [0.25, 0.3) is 5.91 Å². The number of hydrogen-bond acceptors (Lipinski definition) is 4. The minimum Gasteiger partial charge on any atom is -0.449 e. The molecule has 7 heteroatoms. The summed E-state index contributed by atoms with van der Waals surface area (Å²) in [6.07, 6.45) is -1.02. The Labute approximate surface area is 160 Å². The van der Waals surface area contributed by atoms with Crippen molar-refractivity contribution in [2.45, 2.75) is 31.8 Å². The smallest absolute Gasteiger partial charge is 0.340 e. The van der Waals surface area contributed by atoms with E-state index in [4.69, 9.17) is 16.3 Å². The largest absolute Gasteiger partial charge is 0.449 e. The highest BCUT2D eigenvalue weighted by Crippen LogP contribution is 2.21. The Hall–Kier alpha value is -2.18. The van der Waals surface area contributed by atoms with E-state index in [-0.39, 0.29) is 5.56 Å². The Bertz CT molecular complexity index is 853. The standard InChI is InChI=1S/C19H20ClNO4S/c1-4-26(24)17-8-6-5-7-15(17)19(23)25-13(3)18(22)21-16-11-14(20)10-9-12(16)2/h5-11,13H,4H2,1-3H3,(H,21,22)/t13-,26-/m0/s1. The summed E-state index contributed by atoms with van der Waals surface area (Å²) in [5.74, 6) is -0.778. The quantitative estimate of drug-likeness (QED) is 0.754. The van der Waals surface area contributed by atoms with Gasteiger partial charge in [0.2, 0.25) is 0 Å². The van der Waals surface area contributed by atoms with Crippen LogP contribution in [0.2, 0.25) is 5.02 Å². The van der Waals surface area contributed by atoms with Crippen LogP contribution in [0.15, 0.2) is 47.4 Å². The van der Waals surface area contributed by atoms with E-state index in [9.17, 15) is 13.8 Å². The molecule has 0 aliphatic rings. The van der Waals surface area contributed by atoms with E-state index in [1.807, 2.05) is 6.92 Å². The second-order valence-corrected chi connectivity index (χ2v) is 7.77. The van der Waals surface area contributed by atoms with Crippen molar-refractivity contribution < 1.29 is 18.5 Å². The zero-order valence-electron chi connectivity index (χ0n) is 14.7. The predicted molar refractivity (Wildman–Crippen MR) is 103 cm³/mol. The molecule has 26 heavy (non-hydrogen) atoms. The number of rotatable bonds is 6. The van der Waals surface area contributed by atoms with Crippen LogP contribution in [0.5, 0.6) is 0 Å². The molecule has 1 amide bonds. The molecule has 0 fully saturated rings. The van der Waals surface area contributed by atoms with E-state index in [2.05, 4.69) is 5.32 Å². The van der Waals surface area contributed by atoms with Gasteiger partial charge in [-0.3, -0.25) is 9.00 Å². The third-order valence-corrected chi connectivity index (χ3v) is 5.33. The fourth-order valence-corrected chi connectivity index (χ4v) is 3.34. The van der Waals surface area contributed by atoms with Gasteiger partial charge in [-0.05, 0) is 43.7 Å². The van der Waals surface area contributed by atoms with Gasteiger partial charge in [-0.1, -0.05) is 36.7 Å². The molecule has 2 aromatic rings. The first-order valence-corrected chi connectivity index (χ1v) is 9.78. The predicted octanol–water partition coefficient (Wildman–Crippen LogP) is 3.96. The van der Waals surface area contributed by atoms with Crippen molar-refractivity contribution in [3.05, 3.63) is 58.6 Å². The molecule has 0 saturated carbocycles. The molecule has 0 aliphatic carbocycles. The number of esters is 1. The summed E-state index contributed by atoms with van der Waals surface area (Å²) in [5, 5.41) is 3.19. The zero-order chi connectivity index (χ0) is 19.3. The summed E-state index contributed by atoms with van der Waals surface area (Å²) in [6.45, 7) is 5.08. The molecule has 2 rings (SSSR count). The number of carbonyl (C=O) groups is 2. The highest BCUT2D eigenvalue weighted by Gasteiger charge is 2.22. The molecule has 2 aromatic carbocycles. The average molecular weight is 394 g/mol. The lowest BCUT2D eigenvalue weighted by atomic mass is 10.2. The summed E-state index contributed by atoms with van der Waals surface area (Å²) >= 11 is 5.94. The van der Waals surface area contributed by atoms with Crippen molar-refractivity contribution in [2.24, 2.45) is 0 Å². The maximum absolute atomic E-state index is 12.4. The second-order valence-electron chi connectivity index (χ2n) is 5.63. The lowest BCUT2D eigenvalue weighted by molar-refractivity contribution is -0.123. The van der Waals surface area contributed by atoms with Gasteiger partial charge in [0.05, 0.1) is 21.3 Å². The van der Waals surface area contributed by atoms with Gasteiger partial charge >= 0.3 is 5.97 Å². The van der Waals surface area contributed by atoms with Crippen LogP contribution in [0.3, 0.4) is 0 Å². The topological polar surface area (TPSA) is 72.5 Å². The van der Waals surface area contributed by atoms with Crippen molar-refractivity contribution in [2.75, 3.05) is 11.1 Å². The van der Waals surface area contributed by atoms with Gasteiger partial charge < -0.3 is 10.1 Å². The van der Waals surface area contributed by atoms with E-state index >= 15 is 0 Å². The van der Waals surface area contributed by atoms with Crippen LogP contribution < -0.4 is 5.32 Å². The van der Waals surface area contributed by atoms with Gasteiger partial charge in [0.1, 0.15) is 0 Å². The van der Waals surface area contributed by atoms with Crippen LogP contribution in [0.25, 0.3) is 0 Å². The van der Waals surface area contributed by atoms with Gasteiger partial charge in [-0.15, -0.1) is 0 Å². The van der Waals surface area contributed by atoms with Crippen molar-refractivity contribution in [1.29, 1.82) is 0 Å². The van der Waals surface area contributed by atoms with Crippen LogP contribution in [0, 0.1) is 6.92 Å². The summed E-state index contributed by atoms with van der Waals surface area (Å²) in [4.78, 5) is 25.1. The fraction of sp³-hybridized carbons (Fsp3) is 0.263. The lowest BCUT2D eigenvalue weighted by Crippen LogP contribution is -2.30. The Morgan fingerprint density at radius 1 is 1.23 bits per heavy atom. The van der Waals surface area contributed by atoms with E-state index in [0.29, 0.717) is 21.4 Å². The minimum atomic E-state index is -1.30. The van der Waals surface area contributed by atoms with Crippen LogP contribution >= 0.6 is 11.6 Å². The number of aryl methyl sites for hydroxylation is 1. The number of amides is 1. The summed E-state index contributed by atoms with van der Waals surface area (Å²) in [7, 11) is -1.30. The minimum absolute atomic E-state index is 0.200. The van der Waals surface area contributed by atoms with Gasteiger partial charge in [0.15, 0.2) is 6.10 Å². The molecule has 0 heterocycles. The highest BCUT2D eigenvalue weighted by atomic mass is 35.5. The van der Waals surface area contributed by atoms with Gasteiger partial charge in [-0.2, -0.15) is 0 Å². The highest BCUT2D eigenvalue weighted by molar-refractivity contribution is 7.85. The Balaban J connectivity index is 2.11. The summed E-state index contributed by atoms with van der Waals surface area (Å²) in [5.41, 5.74) is 1.59. The molecule has 1 N–H and O–H groups in total. The maximum Gasteiger partial charge on any atom is 0.340 e. The summed E-state index contributed by atoms with van der Waals surface area (Å²) in [6, 6.07) is 11.7. The molecule has 5 nitrogen and oxygen atoms in total.